The van der Waals surface area contributed by atoms with Gasteiger partial charge in [0.05, 0.1) is 21.4 Å². The van der Waals surface area contributed by atoms with Gasteiger partial charge in [0.15, 0.2) is 0 Å². The summed E-state index contributed by atoms with van der Waals surface area (Å²) in [6.07, 6.45) is 0. The number of hydrogen-bond acceptors (Lipinski definition) is 3. The molecule has 3 rings (SSSR count). The van der Waals surface area contributed by atoms with Crippen LogP contribution in [0.25, 0.3) is 5.69 Å². The number of para-hydroxylation sites is 1. The van der Waals surface area contributed by atoms with E-state index in [2.05, 4.69) is 15.7 Å². The van der Waals surface area contributed by atoms with E-state index in [4.69, 9.17) is 23.2 Å². The first-order valence-corrected chi connectivity index (χ1v) is 8.25. The maximum Gasteiger partial charge on any atom is 0.324 e. The van der Waals surface area contributed by atoms with Gasteiger partial charge in [-0.3, -0.25) is 5.32 Å². The number of nitrogens with one attached hydrogen (secondary N) is 2. The second-order valence-electron chi connectivity index (χ2n) is 4.74. The van der Waals surface area contributed by atoms with E-state index in [9.17, 15) is 4.79 Å². The van der Waals surface area contributed by atoms with Crippen molar-refractivity contribution in [3.63, 3.8) is 0 Å². The van der Waals surface area contributed by atoms with Crippen molar-refractivity contribution in [1.29, 1.82) is 0 Å². The molecule has 0 atom stereocenters. The molecule has 0 aliphatic rings. The lowest BCUT2D eigenvalue weighted by atomic mass is 10.3. The zero-order chi connectivity index (χ0) is 16.4. The number of hydrogen-bond donors (Lipinski definition) is 2. The van der Waals surface area contributed by atoms with Crippen molar-refractivity contribution in [2.45, 2.75) is 6.92 Å². The van der Waals surface area contributed by atoms with E-state index < -0.39 is 6.03 Å². The van der Waals surface area contributed by atoms with Crippen molar-refractivity contribution in [2.75, 3.05) is 10.6 Å². The van der Waals surface area contributed by atoms with Crippen LogP contribution < -0.4 is 10.6 Å². The number of anilines is 2. The first kappa shape index (κ1) is 15.9. The summed E-state index contributed by atoms with van der Waals surface area (Å²) >= 11 is 13.1. The Kier molecular flexibility index (Phi) is 4.56. The molecular weight excluding hydrogens is 355 g/mol. The third kappa shape index (κ3) is 3.67. The lowest BCUT2D eigenvalue weighted by molar-refractivity contribution is 0.262. The third-order valence-electron chi connectivity index (χ3n) is 2.98. The molecule has 8 heteroatoms. The van der Waals surface area contributed by atoms with Crippen LogP contribution in [0.3, 0.4) is 0 Å². The number of benzene rings is 1. The summed E-state index contributed by atoms with van der Waals surface area (Å²) in [5, 5.41) is 9.83. The number of carbonyl (C=O) groups excluding carboxylic acids is 1. The number of nitrogens with zero attached hydrogens (tertiary/aromatic N) is 2. The van der Waals surface area contributed by atoms with Gasteiger partial charge in [-0.15, -0.1) is 11.3 Å². The molecule has 0 spiro atoms. The number of aryl methyl sites for hydroxylation is 1. The molecule has 0 fully saturated rings. The molecule has 0 radical (unpaired) electrons. The summed E-state index contributed by atoms with van der Waals surface area (Å²) in [6, 6.07) is 12.5. The summed E-state index contributed by atoms with van der Waals surface area (Å²) in [6.45, 7) is 1.86. The van der Waals surface area contributed by atoms with Crippen LogP contribution in [0.5, 0.6) is 0 Å². The molecule has 0 unspecified atom stereocenters. The molecule has 5 nitrogen and oxygen atoms in total. The fourth-order valence-electron chi connectivity index (χ4n) is 2.05. The highest BCUT2D eigenvalue weighted by atomic mass is 35.5. The van der Waals surface area contributed by atoms with Crippen LogP contribution in [-0.4, -0.2) is 15.8 Å². The Bertz CT molecular complexity index is 845. The summed E-state index contributed by atoms with van der Waals surface area (Å²) in [4.78, 5) is 12.2. The monoisotopic (exact) mass is 366 g/mol. The first-order chi connectivity index (χ1) is 11.0. The average molecular weight is 367 g/mol. The summed E-state index contributed by atoms with van der Waals surface area (Å²) in [5.74, 6) is 0.559. The third-order valence-corrected chi connectivity index (χ3v) is 4.47. The number of amides is 2. The molecule has 0 bridgehead atoms. The maximum atomic E-state index is 12.2. The largest absolute Gasteiger partial charge is 0.324 e. The van der Waals surface area contributed by atoms with Gasteiger partial charge >= 0.3 is 6.03 Å². The second-order valence-corrected chi connectivity index (χ2v) is 7.02. The van der Waals surface area contributed by atoms with Crippen molar-refractivity contribution in [3.05, 3.63) is 56.8 Å². The van der Waals surface area contributed by atoms with Gasteiger partial charge < -0.3 is 5.32 Å². The normalized spacial score (nSPS) is 10.6. The molecule has 1 aromatic carbocycles. The molecule has 2 amide bonds. The Hall–Kier alpha value is -2.02. The van der Waals surface area contributed by atoms with Gasteiger partial charge in [-0.05, 0) is 25.1 Å². The Morgan fingerprint density at radius 2 is 1.91 bits per heavy atom. The number of aromatic nitrogens is 2. The lowest BCUT2D eigenvalue weighted by Crippen LogP contribution is -2.21. The van der Waals surface area contributed by atoms with Crippen LogP contribution >= 0.6 is 34.5 Å². The Morgan fingerprint density at radius 1 is 1.17 bits per heavy atom. The number of thiophene rings is 1. The first-order valence-electron chi connectivity index (χ1n) is 6.68. The molecule has 2 aromatic heterocycles. The Balaban J connectivity index is 1.80. The molecule has 3 aromatic rings. The average Bonchev–Trinajstić information content (AvgIpc) is 3.02. The topological polar surface area (TPSA) is 59.0 Å². The van der Waals surface area contributed by atoms with Crippen LogP contribution in [0.15, 0.2) is 42.5 Å². The van der Waals surface area contributed by atoms with Crippen molar-refractivity contribution < 1.29 is 4.79 Å². The number of urea groups is 1. The number of carbonyl (C=O) groups is 1. The van der Waals surface area contributed by atoms with E-state index in [1.54, 1.807) is 16.8 Å². The van der Waals surface area contributed by atoms with E-state index in [-0.39, 0.29) is 0 Å². The SMILES string of the molecule is Cc1cc(NC(=O)Nc2cc(Cl)sc2Cl)n(-c2ccccc2)n1. The molecule has 2 heterocycles. The highest BCUT2D eigenvalue weighted by molar-refractivity contribution is 7.20. The van der Waals surface area contributed by atoms with Crippen LogP contribution in [0.2, 0.25) is 8.67 Å². The fourth-order valence-corrected chi connectivity index (χ4v) is 3.43. The van der Waals surface area contributed by atoms with Crippen molar-refractivity contribution in [3.8, 4) is 5.69 Å². The zero-order valence-corrected chi connectivity index (χ0v) is 14.3. The second kappa shape index (κ2) is 6.62. The highest BCUT2D eigenvalue weighted by Crippen LogP contribution is 2.35. The molecule has 0 saturated heterocycles. The molecular formula is C15H12Cl2N4OS. The molecule has 23 heavy (non-hydrogen) atoms. The minimum atomic E-state index is -0.418. The van der Waals surface area contributed by atoms with Crippen molar-refractivity contribution >= 4 is 52.1 Å². The van der Waals surface area contributed by atoms with Gasteiger partial charge in [0, 0.05) is 6.07 Å². The summed E-state index contributed by atoms with van der Waals surface area (Å²) in [7, 11) is 0. The Morgan fingerprint density at radius 3 is 2.57 bits per heavy atom. The summed E-state index contributed by atoms with van der Waals surface area (Å²) in [5.41, 5.74) is 2.12. The smallest absolute Gasteiger partial charge is 0.305 e. The number of rotatable bonds is 3. The highest BCUT2D eigenvalue weighted by Gasteiger charge is 2.13. The predicted molar refractivity (Wildman–Crippen MR) is 95.3 cm³/mol. The molecule has 0 aliphatic carbocycles. The van der Waals surface area contributed by atoms with Crippen molar-refractivity contribution in [1.82, 2.24) is 9.78 Å². The van der Waals surface area contributed by atoms with Gasteiger partial charge in [-0.2, -0.15) is 5.10 Å². The predicted octanol–water partition coefficient (Wildman–Crippen LogP) is 5.19. The van der Waals surface area contributed by atoms with E-state index in [0.29, 0.717) is 20.2 Å². The summed E-state index contributed by atoms with van der Waals surface area (Å²) < 4.78 is 2.60. The van der Waals surface area contributed by atoms with Gasteiger partial charge in [0.2, 0.25) is 0 Å². The van der Waals surface area contributed by atoms with Gasteiger partial charge in [0.25, 0.3) is 0 Å². The van der Waals surface area contributed by atoms with Crippen LogP contribution in [0, 0.1) is 6.92 Å². The Labute approximate surface area is 146 Å². The van der Waals surface area contributed by atoms with E-state index >= 15 is 0 Å². The zero-order valence-electron chi connectivity index (χ0n) is 12.0. The fraction of sp³-hybridized carbons (Fsp3) is 0.0667. The number of halogens is 2. The lowest BCUT2D eigenvalue weighted by Gasteiger charge is -2.09. The quantitative estimate of drug-likeness (QED) is 0.669. The van der Waals surface area contributed by atoms with Crippen LogP contribution in [0.1, 0.15) is 5.69 Å². The van der Waals surface area contributed by atoms with Crippen LogP contribution in [0.4, 0.5) is 16.3 Å². The van der Waals surface area contributed by atoms with E-state index in [0.717, 1.165) is 11.4 Å². The van der Waals surface area contributed by atoms with Gasteiger partial charge in [-0.25, -0.2) is 9.48 Å². The van der Waals surface area contributed by atoms with Crippen molar-refractivity contribution in [2.24, 2.45) is 0 Å². The van der Waals surface area contributed by atoms with E-state index in [1.807, 2.05) is 37.3 Å². The molecule has 0 aliphatic heterocycles. The maximum absolute atomic E-state index is 12.2. The minimum Gasteiger partial charge on any atom is -0.305 e. The minimum absolute atomic E-state index is 0.418. The molecule has 2 N–H and O–H groups in total. The van der Waals surface area contributed by atoms with Gasteiger partial charge in [0.1, 0.15) is 10.2 Å². The van der Waals surface area contributed by atoms with E-state index in [1.165, 1.54) is 11.3 Å². The van der Waals surface area contributed by atoms with Crippen LogP contribution in [-0.2, 0) is 0 Å². The standard InChI is InChI=1S/C15H12Cl2N4OS/c1-9-7-13(21(20-9)10-5-3-2-4-6-10)19-15(22)18-11-8-12(16)23-14(11)17/h2-8H,1H3,(H2,18,19,22). The van der Waals surface area contributed by atoms with Gasteiger partial charge in [-0.1, -0.05) is 41.4 Å². The molecule has 118 valence electrons. The molecule has 0 saturated carbocycles.